The van der Waals surface area contributed by atoms with E-state index < -0.39 is 12.1 Å². The van der Waals surface area contributed by atoms with Crippen LogP contribution in [-0.4, -0.2) is 55.0 Å². The molecule has 1 aromatic carbocycles. The Morgan fingerprint density at radius 2 is 1.97 bits per heavy atom. The van der Waals surface area contributed by atoms with Crippen LogP contribution < -0.4 is 0 Å². The molecule has 0 aliphatic carbocycles. The second-order valence-electron chi connectivity index (χ2n) is 8.24. The van der Waals surface area contributed by atoms with Crippen molar-refractivity contribution in [3.8, 4) is 11.6 Å². The van der Waals surface area contributed by atoms with Crippen LogP contribution in [-0.2, 0) is 26.1 Å². The highest BCUT2D eigenvalue weighted by Crippen LogP contribution is 2.34. The topological polar surface area (TPSA) is 86.0 Å². The van der Waals surface area contributed by atoms with E-state index in [2.05, 4.69) is 25.1 Å². The summed E-state index contributed by atoms with van der Waals surface area (Å²) in [6.45, 7) is 4.36. The van der Waals surface area contributed by atoms with Gasteiger partial charge in [0, 0.05) is 31.5 Å². The van der Waals surface area contributed by atoms with E-state index in [0.29, 0.717) is 18.0 Å². The molecule has 0 amide bonds. The number of halogens is 3. The Morgan fingerprint density at radius 1 is 1.15 bits per heavy atom. The van der Waals surface area contributed by atoms with Gasteiger partial charge in [0.1, 0.15) is 5.52 Å². The maximum Gasteiger partial charge on any atom is 0.468 e. The van der Waals surface area contributed by atoms with E-state index in [1.807, 2.05) is 24.6 Å². The molecule has 0 radical (unpaired) electrons. The van der Waals surface area contributed by atoms with Crippen LogP contribution in [0.3, 0.4) is 0 Å². The highest BCUT2D eigenvalue weighted by atomic mass is 32.2. The maximum atomic E-state index is 13.0. The number of oxazole rings is 2. The molecule has 0 saturated heterocycles. The second kappa shape index (κ2) is 9.06. The van der Waals surface area contributed by atoms with Gasteiger partial charge in [0.15, 0.2) is 22.9 Å². The summed E-state index contributed by atoms with van der Waals surface area (Å²) in [4.78, 5) is 10.1. The summed E-state index contributed by atoms with van der Waals surface area (Å²) >= 11 is 1.63. The van der Waals surface area contributed by atoms with Crippen LogP contribution in [0.25, 0.3) is 22.7 Å². The van der Waals surface area contributed by atoms with E-state index in [0.717, 1.165) is 60.2 Å². The average molecular weight is 493 g/mol. The lowest BCUT2D eigenvalue weighted by Gasteiger charge is -2.19. The molecule has 0 N–H and O–H groups in total. The first-order chi connectivity index (χ1) is 16.3. The average Bonchev–Trinajstić information content (AvgIpc) is 3.47. The molecule has 1 aliphatic heterocycles. The van der Waals surface area contributed by atoms with Crippen molar-refractivity contribution in [3.63, 3.8) is 0 Å². The van der Waals surface area contributed by atoms with Crippen molar-refractivity contribution < 1.29 is 22.0 Å². The normalized spacial score (nSPS) is 15.1. The Kier molecular flexibility index (Phi) is 6.11. The summed E-state index contributed by atoms with van der Waals surface area (Å²) in [7, 11) is 1.90. The molecule has 0 atom stereocenters. The van der Waals surface area contributed by atoms with Gasteiger partial charge in [-0.25, -0.2) is 9.97 Å². The third kappa shape index (κ3) is 4.43. The van der Waals surface area contributed by atoms with Crippen LogP contribution >= 0.6 is 11.8 Å². The number of hydrogen-bond donors (Lipinski definition) is 0. The predicted octanol–water partition coefficient (Wildman–Crippen LogP) is 4.52. The van der Waals surface area contributed by atoms with Gasteiger partial charge in [-0.1, -0.05) is 17.8 Å². The Hall–Kier alpha value is -2.86. The summed E-state index contributed by atoms with van der Waals surface area (Å²) in [5.41, 5.74) is 3.17. The zero-order valence-corrected chi connectivity index (χ0v) is 19.5. The number of rotatable bonds is 6. The molecular weight excluding hydrogens is 469 g/mol. The molecule has 4 aromatic rings. The lowest BCUT2D eigenvalue weighted by atomic mass is 10.0. The Morgan fingerprint density at radius 3 is 2.74 bits per heavy atom. The monoisotopic (exact) mass is 492 g/mol. The van der Waals surface area contributed by atoms with Gasteiger partial charge in [-0.3, -0.25) is 0 Å². The molecule has 0 fully saturated rings. The predicted molar refractivity (Wildman–Crippen MR) is 119 cm³/mol. The summed E-state index contributed by atoms with van der Waals surface area (Å²) in [5.74, 6) is 0.954. The van der Waals surface area contributed by atoms with E-state index in [4.69, 9.17) is 8.83 Å². The molecule has 12 heteroatoms. The Balaban J connectivity index is 1.17. The molecule has 34 heavy (non-hydrogen) atoms. The van der Waals surface area contributed by atoms with Crippen LogP contribution in [0.4, 0.5) is 13.2 Å². The molecule has 180 valence electrons. The van der Waals surface area contributed by atoms with Crippen LogP contribution in [0.2, 0.25) is 0 Å². The molecular formula is C22H23F3N6O2S. The van der Waals surface area contributed by atoms with Crippen molar-refractivity contribution in [2.24, 2.45) is 7.05 Å². The second-order valence-corrected chi connectivity index (χ2v) is 9.31. The molecule has 0 unspecified atom stereocenters. The molecule has 5 rings (SSSR count). The van der Waals surface area contributed by atoms with Crippen LogP contribution in [0.15, 0.2) is 32.5 Å². The molecule has 4 heterocycles. The van der Waals surface area contributed by atoms with Crippen molar-refractivity contribution in [1.82, 2.24) is 29.6 Å². The van der Waals surface area contributed by atoms with E-state index >= 15 is 0 Å². The van der Waals surface area contributed by atoms with Crippen molar-refractivity contribution in [1.29, 1.82) is 0 Å². The van der Waals surface area contributed by atoms with Crippen LogP contribution in [0, 0.1) is 6.92 Å². The number of nitrogens with zero attached hydrogens (tertiary/aromatic N) is 6. The summed E-state index contributed by atoms with van der Waals surface area (Å²) in [6, 6.07) is 3.50. The van der Waals surface area contributed by atoms with E-state index in [1.54, 1.807) is 17.8 Å². The number of alkyl halides is 3. The molecule has 0 bridgehead atoms. The summed E-state index contributed by atoms with van der Waals surface area (Å²) < 4.78 is 51.5. The van der Waals surface area contributed by atoms with Gasteiger partial charge in [-0.05, 0) is 44.4 Å². The van der Waals surface area contributed by atoms with Crippen molar-refractivity contribution in [3.05, 3.63) is 41.2 Å². The number of aryl methyl sites for hydroxylation is 1. The van der Waals surface area contributed by atoms with Crippen molar-refractivity contribution in [2.75, 3.05) is 25.4 Å². The fourth-order valence-corrected chi connectivity index (χ4v) is 5.04. The molecule has 3 aromatic heterocycles. The van der Waals surface area contributed by atoms with Crippen LogP contribution in [0.1, 0.15) is 29.1 Å². The highest BCUT2D eigenvalue weighted by Gasteiger charge is 2.38. The van der Waals surface area contributed by atoms with Crippen molar-refractivity contribution >= 4 is 22.9 Å². The van der Waals surface area contributed by atoms with Gasteiger partial charge in [-0.2, -0.15) is 13.2 Å². The van der Waals surface area contributed by atoms with Gasteiger partial charge in [-0.15, -0.1) is 10.2 Å². The largest absolute Gasteiger partial charge is 0.468 e. The standard InChI is InChI=1S/C22H23F3N6O2S/c1-13-17(32-12-26-13)19-28-29-21(30(19)2)34-11-3-8-31-9-6-14-4-5-16-18(15(14)7-10-31)33-20(27-16)22(23,24)25/h4-5,12H,3,6-11H2,1-2H3. The van der Waals surface area contributed by atoms with Gasteiger partial charge in [0.2, 0.25) is 5.82 Å². The van der Waals surface area contributed by atoms with Crippen LogP contribution in [0.5, 0.6) is 0 Å². The van der Waals surface area contributed by atoms with Gasteiger partial charge in [0.05, 0.1) is 5.69 Å². The highest BCUT2D eigenvalue weighted by molar-refractivity contribution is 7.99. The number of hydrogen-bond acceptors (Lipinski definition) is 8. The molecule has 0 saturated carbocycles. The quantitative estimate of drug-likeness (QED) is 0.287. The zero-order chi connectivity index (χ0) is 23.9. The first-order valence-electron chi connectivity index (χ1n) is 10.9. The molecule has 0 spiro atoms. The fourth-order valence-electron chi connectivity index (χ4n) is 4.21. The van der Waals surface area contributed by atoms with E-state index in [9.17, 15) is 13.2 Å². The first-order valence-corrected chi connectivity index (χ1v) is 11.9. The lowest BCUT2D eigenvalue weighted by Crippen LogP contribution is -2.27. The van der Waals surface area contributed by atoms with Crippen molar-refractivity contribution in [2.45, 2.75) is 37.5 Å². The summed E-state index contributed by atoms with van der Waals surface area (Å²) in [5, 5.41) is 9.30. The van der Waals surface area contributed by atoms with Gasteiger partial charge >= 0.3 is 12.1 Å². The first kappa shape index (κ1) is 22.9. The number of aromatic nitrogens is 5. The third-order valence-corrected chi connectivity index (χ3v) is 7.12. The van der Waals surface area contributed by atoms with E-state index in [1.165, 1.54) is 6.39 Å². The van der Waals surface area contributed by atoms with E-state index in [-0.39, 0.29) is 11.1 Å². The fraction of sp³-hybridized carbons (Fsp3) is 0.455. The Labute approximate surface area is 197 Å². The summed E-state index contributed by atoms with van der Waals surface area (Å²) in [6.07, 6.45) is -0.842. The minimum absolute atomic E-state index is 0.263. The number of thioether (sulfide) groups is 1. The third-order valence-electron chi connectivity index (χ3n) is 6.01. The van der Waals surface area contributed by atoms with Gasteiger partial charge in [0.25, 0.3) is 0 Å². The maximum absolute atomic E-state index is 13.0. The Bertz CT molecular complexity index is 1310. The number of benzene rings is 1. The number of fused-ring (bicyclic) bond motifs is 3. The zero-order valence-electron chi connectivity index (χ0n) is 18.7. The lowest BCUT2D eigenvalue weighted by molar-refractivity contribution is -0.156. The molecule has 1 aliphatic rings. The minimum atomic E-state index is -4.59. The van der Waals surface area contributed by atoms with Gasteiger partial charge < -0.3 is 18.3 Å². The minimum Gasteiger partial charge on any atom is -0.440 e. The smallest absolute Gasteiger partial charge is 0.440 e. The SMILES string of the molecule is Cc1ncoc1-c1nnc(SCCCN2CCc3ccc4nc(C(F)(F)F)oc4c3CC2)n1C. The molecule has 8 nitrogen and oxygen atoms in total.